The van der Waals surface area contributed by atoms with Gasteiger partial charge in [-0.2, -0.15) is 0 Å². The van der Waals surface area contributed by atoms with Crippen molar-refractivity contribution in [1.82, 2.24) is 4.90 Å². The van der Waals surface area contributed by atoms with E-state index >= 15 is 0 Å². The van der Waals surface area contributed by atoms with Gasteiger partial charge in [0.25, 0.3) is 0 Å². The second-order valence-corrected chi connectivity index (χ2v) is 9.34. The van der Waals surface area contributed by atoms with E-state index in [-0.39, 0.29) is 36.0 Å². The summed E-state index contributed by atoms with van der Waals surface area (Å²) >= 11 is 0. The Morgan fingerprint density at radius 1 is 1.03 bits per heavy atom. The van der Waals surface area contributed by atoms with Gasteiger partial charge in [0.2, 0.25) is 11.8 Å². The molecule has 3 rings (SSSR count). The maximum absolute atomic E-state index is 13.0. The van der Waals surface area contributed by atoms with Crippen molar-refractivity contribution in [3.8, 4) is 0 Å². The number of likely N-dealkylation sites (tertiary alicyclic amines) is 1. The summed E-state index contributed by atoms with van der Waals surface area (Å²) in [7, 11) is 0. The van der Waals surface area contributed by atoms with Crippen molar-refractivity contribution in [3.05, 3.63) is 65.7 Å². The van der Waals surface area contributed by atoms with Crippen molar-refractivity contribution in [2.24, 2.45) is 11.8 Å². The van der Waals surface area contributed by atoms with Crippen LogP contribution in [-0.2, 0) is 32.1 Å². The quantitative estimate of drug-likeness (QED) is 0.508. The van der Waals surface area contributed by atoms with Gasteiger partial charge >= 0.3 is 5.97 Å². The van der Waals surface area contributed by atoms with Crippen LogP contribution in [0.4, 0.5) is 5.69 Å². The summed E-state index contributed by atoms with van der Waals surface area (Å²) in [6, 6.07) is 17.6. The smallest absolute Gasteiger partial charge is 0.310 e. The summed E-state index contributed by atoms with van der Waals surface area (Å²) < 4.78 is 5.14. The van der Waals surface area contributed by atoms with E-state index in [1.165, 1.54) is 0 Å². The zero-order valence-electron chi connectivity index (χ0n) is 20.5. The van der Waals surface area contributed by atoms with Crippen LogP contribution in [0.3, 0.4) is 0 Å². The molecule has 0 saturated carbocycles. The van der Waals surface area contributed by atoms with Gasteiger partial charge < -0.3 is 14.5 Å². The first-order valence-electron chi connectivity index (χ1n) is 12.2. The van der Waals surface area contributed by atoms with Gasteiger partial charge in [0.15, 0.2) is 0 Å². The molecular formula is C28H36N2O4. The highest BCUT2D eigenvalue weighted by atomic mass is 16.5. The summed E-state index contributed by atoms with van der Waals surface area (Å²) in [6.07, 6.45) is 2.32. The first kappa shape index (κ1) is 25.5. The van der Waals surface area contributed by atoms with Gasteiger partial charge in [-0.05, 0) is 48.9 Å². The van der Waals surface area contributed by atoms with Crippen LogP contribution in [0.2, 0.25) is 0 Å². The van der Waals surface area contributed by atoms with Crippen LogP contribution in [0.1, 0.15) is 51.2 Å². The molecule has 1 heterocycles. The number of amides is 2. The number of anilines is 1. The maximum atomic E-state index is 13.0. The Bertz CT molecular complexity index is 956. The van der Waals surface area contributed by atoms with Crippen molar-refractivity contribution < 1.29 is 19.1 Å². The molecule has 0 N–H and O–H groups in total. The number of esters is 1. The van der Waals surface area contributed by atoms with E-state index in [9.17, 15) is 14.4 Å². The predicted molar refractivity (Wildman–Crippen MR) is 133 cm³/mol. The van der Waals surface area contributed by atoms with Crippen LogP contribution < -0.4 is 4.90 Å². The third-order valence-electron chi connectivity index (χ3n) is 6.06. The van der Waals surface area contributed by atoms with Crippen molar-refractivity contribution in [2.45, 2.75) is 53.0 Å². The number of ether oxygens (including phenoxy) is 1. The highest BCUT2D eigenvalue weighted by Crippen LogP contribution is 2.23. The van der Waals surface area contributed by atoms with Gasteiger partial charge in [-0.25, -0.2) is 0 Å². The Hall–Kier alpha value is -3.15. The Labute approximate surface area is 202 Å². The third-order valence-corrected chi connectivity index (χ3v) is 6.06. The molecule has 2 aromatic carbocycles. The van der Waals surface area contributed by atoms with Crippen LogP contribution in [0, 0.1) is 11.8 Å². The fourth-order valence-electron chi connectivity index (χ4n) is 4.29. The number of rotatable bonds is 9. The summed E-state index contributed by atoms with van der Waals surface area (Å²) in [5.74, 6) is -0.0853. The van der Waals surface area contributed by atoms with Gasteiger partial charge in [-0.15, -0.1) is 0 Å². The van der Waals surface area contributed by atoms with Crippen LogP contribution in [0.25, 0.3) is 0 Å². The van der Waals surface area contributed by atoms with Gasteiger partial charge in [-0.3, -0.25) is 14.4 Å². The summed E-state index contributed by atoms with van der Waals surface area (Å²) in [5.41, 5.74) is 2.79. The number of hydrogen-bond acceptors (Lipinski definition) is 4. The molecule has 6 heteroatoms. The lowest BCUT2D eigenvalue weighted by Gasteiger charge is -2.31. The zero-order chi connectivity index (χ0) is 24.5. The van der Waals surface area contributed by atoms with Crippen molar-refractivity contribution in [1.29, 1.82) is 0 Å². The first-order valence-corrected chi connectivity index (χ1v) is 12.2. The fourth-order valence-corrected chi connectivity index (χ4v) is 4.29. The number of nitrogens with zero attached hydrogens (tertiary/aromatic N) is 2. The predicted octanol–water partition coefficient (Wildman–Crippen LogP) is 4.61. The zero-order valence-corrected chi connectivity index (χ0v) is 20.5. The summed E-state index contributed by atoms with van der Waals surface area (Å²) in [4.78, 5) is 41.6. The molecular weight excluding hydrogens is 428 g/mol. The van der Waals surface area contributed by atoms with E-state index in [1.807, 2.05) is 73.3 Å². The molecule has 1 fully saturated rings. The standard InChI is InChI=1S/C28H36N2O4/c1-4-34-28(33)24-11-8-16-29(20-24)26(31)18-22-12-14-25(15-13-22)30(27(32)17-21(2)3)19-23-9-6-5-7-10-23/h5-7,9-10,12-15,21,24H,4,8,11,16-20H2,1-3H3/t24-/m1/s1. The lowest BCUT2D eigenvalue weighted by molar-refractivity contribution is -0.151. The van der Waals surface area contributed by atoms with E-state index in [4.69, 9.17) is 4.74 Å². The lowest BCUT2D eigenvalue weighted by atomic mass is 9.97. The second kappa shape index (κ2) is 12.4. The lowest BCUT2D eigenvalue weighted by Crippen LogP contribution is -2.43. The average Bonchev–Trinajstić information content (AvgIpc) is 2.83. The van der Waals surface area contributed by atoms with Gasteiger partial charge in [0.05, 0.1) is 25.5 Å². The first-order chi connectivity index (χ1) is 16.4. The number of carbonyl (C=O) groups is 3. The SMILES string of the molecule is CCOC(=O)[C@@H]1CCCN(C(=O)Cc2ccc(N(Cc3ccccc3)C(=O)CC(C)C)cc2)C1. The molecule has 34 heavy (non-hydrogen) atoms. The molecule has 2 amide bonds. The maximum Gasteiger partial charge on any atom is 0.310 e. The number of benzene rings is 2. The van der Waals surface area contributed by atoms with E-state index in [1.54, 1.807) is 11.8 Å². The molecule has 1 aliphatic rings. The normalized spacial score (nSPS) is 15.8. The van der Waals surface area contributed by atoms with Gasteiger partial charge in [-0.1, -0.05) is 56.3 Å². The molecule has 1 aliphatic heterocycles. The Morgan fingerprint density at radius 2 is 1.74 bits per heavy atom. The van der Waals surface area contributed by atoms with Crippen LogP contribution in [-0.4, -0.2) is 42.4 Å². The number of hydrogen-bond donors (Lipinski definition) is 0. The molecule has 0 aromatic heterocycles. The molecule has 0 bridgehead atoms. The van der Waals surface area contributed by atoms with Crippen molar-refractivity contribution >= 4 is 23.5 Å². The summed E-state index contributed by atoms with van der Waals surface area (Å²) in [5, 5.41) is 0. The van der Waals surface area contributed by atoms with Gasteiger partial charge in [0, 0.05) is 25.2 Å². The minimum atomic E-state index is -0.237. The largest absolute Gasteiger partial charge is 0.466 e. The topological polar surface area (TPSA) is 66.9 Å². The molecule has 6 nitrogen and oxygen atoms in total. The van der Waals surface area contributed by atoms with Crippen LogP contribution in [0.5, 0.6) is 0 Å². The van der Waals surface area contributed by atoms with E-state index in [0.717, 1.165) is 29.7 Å². The molecule has 1 saturated heterocycles. The van der Waals surface area contributed by atoms with Crippen molar-refractivity contribution in [2.75, 3.05) is 24.6 Å². The van der Waals surface area contributed by atoms with E-state index in [0.29, 0.717) is 32.7 Å². The minimum absolute atomic E-state index is 0.0128. The molecule has 0 spiro atoms. The minimum Gasteiger partial charge on any atom is -0.466 e. The number of piperidine rings is 1. The molecule has 182 valence electrons. The van der Waals surface area contributed by atoms with Gasteiger partial charge in [0.1, 0.15) is 0 Å². The third kappa shape index (κ3) is 7.17. The fraction of sp³-hybridized carbons (Fsp3) is 0.464. The van der Waals surface area contributed by atoms with E-state index in [2.05, 4.69) is 0 Å². The Kier molecular flexibility index (Phi) is 9.25. The van der Waals surface area contributed by atoms with E-state index < -0.39 is 0 Å². The average molecular weight is 465 g/mol. The molecule has 0 radical (unpaired) electrons. The Balaban J connectivity index is 1.67. The van der Waals surface area contributed by atoms with Crippen LogP contribution in [0.15, 0.2) is 54.6 Å². The monoisotopic (exact) mass is 464 g/mol. The number of carbonyl (C=O) groups excluding carboxylic acids is 3. The highest BCUT2D eigenvalue weighted by Gasteiger charge is 2.29. The Morgan fingerprint density at radius 3 is 2.38 bits per heavy atom. The van der Waals surface area contributed by atoms with Crippen molar-refractivity contribution in [3.63, 3.8) is 0 Å². The molecule has 2 aromatic rings. The highest BCUT2D eigenvalue weighted by molar-refractivity contribution is 5.93. The molecule has 0 unspecified atom stereocenters. The second-order valence-electron chi connectivity index (χ2n) is 9.34. The van der Waals surface area contributed by atoms with Crippen LogP contribution >= 0.6 is 0 Å². The molecule has 0 aliphatic carbocycles. The summed E-state index contributed by atoms with van der Waals surface area (Å²) in [6.45, 7) is 7.83. The molecule has 1 atom stereocenters.